The first-order chi connectivity index (χ1) is 18.1. The van der Waals surface area contributed by atoms with Gasteiger partial charge in [-0.3, -0.25) is 24.5 Å². The summed E-state index contributed by atoms with van der Waals surface area (Å²) in [7, 11) is 0. The van der Waals surface area contributed by atoms with E-state index in [-0.39, 0.29) is 22.9 Å². The molecule has 2 aliphatic rings. The summed E-state index contributed by atoms with van der Waals surface area (Å²) in [5.74, 6) is -2.73. The van der Waals surface area contributed by atoms with Crippen LogP contribution in [-0.2, 0) is 19.2 Å². The number of esters is 1. The molecule has 0 radical (unpaired) electrons. The number of nitrogens with zero attached hydrogens (tertiary/aromatic N) is 3. The number of carbonyl (C=O) groups is 3. The van der Waals surface area contributed by atoms with Crippen molar-refractivity contribution < 1.29 is 28.9 Å². The molecule has 0 aliphatic carbocycles. The van der Waals surface area contributed by atoms with Crippen LogP contribution in [0.3, 0.4) is 0 Å². The predicted molar refractivity (Wildman–Crippen MR) is 140 cm³/mol. The highest BCUT2D eigenvalue weighted by molar-refractivity contribution is 7.17. The van der Waals surface area contributed by atoms with Gasteiger partial charge < -0.3 is 4.74 Å². The number of hydrogen-bond donors (Lipinski definition) is 0. The summed E-state index contributed by atoms with van der Waals surface area (Å²) in [6, 6.07) is 11.7. The molecule has 2 saturated heterocycles. The third-order valence-corrected chi connectivity index (χ3v) is 8.14. The number of nitro benzene ring substituents is 1. The van der Waals surface area contributed by atoms with Crippen molar-refractivity contribution in [1.29, 1.82) is 0 Å². The molecule has 0 N–H and O–H groups in total. The Balaban J connectivity index is 1.59. The fraction of sp³-hybridized carbons (Fsp3) is 0.269. The molecule has 2 aliphatic heterocycles. The summed E-state index contributed by atoms with van der Waals surface area (Å²) in [6.45, 7) is 5.36. The van der Waals surface area contributed by atoms with Crippen LogP contribution in [0.5, 0.6) is 0 Å². The Morgan fingerprint density at radius 3 is 2.37 bits per heavy atom. The Morgan fingerprint density at radius 2 is 1.76 bits per heavy atom. The Hall–Kier alpha value is -3.80. The number of nitro groups is 1. The van der Waals surface area contributed by atoms with Crippen molar-refractivity contribution in [2.24, 2.45) is 5.92 Å². The average Bonchev–Trinajstić information content (AvgIpc) is 3.50. The molecule has 1 aromatic heterocycles. The lowest BCUT2D eigenvalue weighted by molar-refractivity contribution is -0.384. The second kappa shape index (κ2) is 9.82. The van der Waals surface area contributed by atoms with Gasteiger partial charge in [-0.1, -0.05) is 23.7 Å². The highest BCUT2D eigenvalue weighted by Gasteiger charge is 2.61. The van der Waals surface area contributed by atoms with Gasteiger partial charge in [0.05, 0.1) is 28.8 Å². The number of benzene rings is 2. The van der Waals surface area contributed by atoms with Crippen LogP contribution in [0.1, 0.15) is 39.3 Å². The van der Waals surface area contributed by atoms with Crippen LogP contribution >= 0.6 is 22.9 Å². The quantitative estimate of drug-likeness (QED) is 0.177. The fourth-order valence-corrected chi connectivity index (χ4v) is 6.05. The number of halogens is 1. The number of hydrogen-bond acceptors (Lipinski definition) is 9. The SMILES string of the molecule is CCOC(=O)c1c(N2C(=O)[C@H]3[C@H](ON(c4ccc(Cl)cc4)[C@H]3c3ccc([N+](=O)[O-])cc3)C2=O)sc(C)c1C. The minimum Gasteiger partial charge on any atom is -0.462 e. The lowest BCUT2D eigenvalue weighted by atomic mass is 9.90. The number of ether oxygens (including phenoxy) is 1. The maximum Gasteiger partial charge on any atom is 0.341 e. The van der Waals surface area contributed by atoms with E-state index in [9.17, 15) is 24.5 Å². The van der Waals surface area contributed by atoms with Crippen molar-refractivity contribution in [3.63, 3.8) is 0 Å². The second-order valence-electron chi connectivity index (χ2n) is 8.84. The topological polar surface area (TPSA) is 119 Å². The largest absolute Gasteiger partial charge is 0.462 e. The van der Waals surface area contributed by atoms with Gasteiger partial charge in [0, 0.05) is 22.0 Å². The molecule has 0 spiro atoms. The fourth-order valence-electron chi connectivity index (χ4n) is 4.77. The number of thiophene rings is 1. The minimum absolute atomic E-state index is 0.110. The van der Waals surface area contributed by atoms with Gasteiger partial charge in [-0.05, 0) is 56.2 Å². The molecule has 38 heavy (non-hydrogen) atoms. The number of aryl methyl sites for hydroxylation is 1. The van der Waals surface area contributed by atoms with Gasteiger partial charge in [-0.2, -0.15) is 0 Å². The summed E-state index contributed by atoms with van der Waals surface area (Å²) >= 11 is 7.21. The second-order valence-corrected chi connectivity index (χ2v) is 10.5. The molecule has 3 aromatic rings. The molecule has 0 bridgehead atoms. The molecule has 2 fully saturated rings. The third-order valence-electron chi connectivity index (χ3n) is 6.69. The number of rotatable bonds is 6. The zero-order chi connectivity index (χ0) is 27.3. The van der Waals surface area contributed by atoms with Crippen molar-refractivity contribution >= 4 is 57.1 Å². The van der Waals surface area contributed by atoms with Crippen molar-refractivity contribution in [3.8, 4) is 0 Å². The molecule has 3 atom stereocenters. The third kappa shape index (κ3) is 4.12. The number of hydroxylamine groups is 1. The number of amides is 2. The van der Waals surface area contributed by atoms with Crippen LogP contribution in [0.4, 0.5) is 16.4 Å². The zero-order valence-corrected chi connectivity index (χ0v) is 22.1. The van der Waals surface area contributed by atoms with Crippen LogP contribution in [-0.4, -0.2) is 35.4 Å². The number of imide groups is 1. The molecule has 10 nitrogen and oxygen atoms in total. The lowest BCUT2D eigenvalue weighted by Crippen LogP contribution is -2.37. The Morgan fingerprint density at radius 1 is 1.11 bits per heavy atom. The summed E-state index contributed by atoms with van der Waals surface area (Å²) in [4.78, 5) is 59.0. The van der Waals surface area contributed by atoms with Gasteiger partial charge in [0.2, 0.25) is 5.91 Å². The van der Waals surface area contributed by atoms with E-state index in [2.05, 4.69) is 0 Å². The van der Waals surface area contributed by atoms with E-state index in [0.717, 1.165) is 21.1 Å². The van der Waals surface area contributed by atoms with Gasteiger partial charge in [-0.25, -0.2) is 14.8 Å². The van der Waals surface area contributed by atoms with E-state index in [0.29, 0.717) is 21.8 Å². The summed E-state index contributed by atoms with van der Waals surface area (Å²) in [5.41, 5.74) is 1.80. The molecule has 2 amide bonds. The first-order valence-electron chi connectivity index (χ1n) is 11.7. The van der Waals surface area contributed by atoms with Crippen LogP contribution in [0.25, 0.3) is 0 Å². The number of anilines is 2. The molecule has 5 rings (SSSR count). The van der Waals surface area contributed by atoms with Crippen molar-refractivity contribution in [3.05, 3.63) is 85.2 Å². The maximum absolute atomic E-state index is 14.0. The van der Waals surface area contributed by atoms with Gasteiger partial charge in [-0.15, -0.1) is 11.3 Å². The van der Waals surface area contributed by atoms with E-state index in [1.807, 2.05) is 0 Å². The molecular weight excluding hydrogens is 534 g/mol. The smallest absolute Gasteiger partial charge is 0.341 e. The zero-order valence-electron chi connectivity index (χ0n) is 20.5. The minimum atomic E-state index is -1.17. The number of carbonyl (C=O) groups excluding carboxylic acids is 3. The van der Waals surface area contributed by atoms with E-state index in [1.165, 1.54) is 17.2 Å². The molecular formula is C26H22ClN3O7S. The number of fused-ring (bicyclic) bond motifs is 1. The van der Waals surface area contributed by atoms with Crippen LogP contribution < -0.4 is 9.96 Å². The highest BCUT2D eigenvalue weighted by atomic mass is 35.5. The van der Waals surface area contributed by atoms with E-state index < -0.39 is 40.8 Å². The average molecular weight is 556 g/mol. The van der Waals surface area contributed by atoms with Crippen molar-refractivity contribution in [2.45, 2.75) is 32.9 Å². The standard InChI is InChI=1S/C26H22ClN3O7S/c1-4-36-26(33)19-13(2)14(3)38-25(19)28-23(31)20-21(15-5-9-18(10-6-15)30(34)35)29(37-22(20)24(28)32)17-11-7-16(27)8-12-17/h5-12,20-22H,4H2,1-3H3/t20-,21+,22+/m1/s1. The Bertz CT molecular complexity index is 1450. The van der Waals surface area contributed by atoms with Gasteiger partial charge >= 0.3 is 5.97 Å². The Kier molecular flexibility index (Phi) is 6.68. The van der Waals surface area contributed by atoms with E-state index in [4.69, 9.17) is 21.2 Å². The summed E-state index contributed by atoms with van der Waals surface area (Å²) < 4.78 is 5.21. The molecule has 0 saturated carbocycles. The first kappa shape index (κ1) is 25.8. The molecule has 12 heteroatoms. The monoisotopic (exact) mass is 555 g/mol. The van der Waals surface area contributed by atoms with Crippen molar-refractivity contribution in [1.82, 2.24) is 0 Å². The predicted octanol–water partition coefficient (Wildman–Crippen LogP) is 5.15. The summed E-state index contributed by atoms with van der Waals surface area (Å²) in [5, 5.41) is 13.4. The number of non-ortho nitro benzene ring substituents is 1. The van der Waals surface area contributed by atoms with Gasteiger partial charge in [0.1, 0.15) is 10.9 Å². The summed E-state index contributed by atoms with van der Waals surface area (Å²) in [6.07, 6.45) is -1.17. The van der Waals surface area contributed by atoms with Crippen molar-refractivity contribution in [2.75, 3.05) is 16.6 Å². The van der Waals surface area contributed by atoms with Crippen LogP contribution in [0.2, 0.25) is 5.02 Å². The molecule has 0 unspecified atom stereocenters. The van der Waals surface area contributed by atoms with Gasteiger partial charge in [0.15, 0.2) is 6.10 Å². The normalized spacial score (nSPS) is 20.7. The molecule has 3 heterocycles. The lowest BCUT2D eigenvalue weighted by Gasteiger charge is -2.28. The van der Waals surface area contributed by atoms with Crippen LogP contribution in [0.15, 0.2) is 48.5 Å². The van der Waals surface area contributed by atoms with Crippen LogP contribution in [0, 0.1) is 29.9 Å². The van der Waals surface area contributed by atoms with Gasteiger partial charge in [0.25, 0.3) is 11.6 Å². The highest BCUT2D eigenvalue weighted by Crippen LogP contribution is 2.49. The Labute approximate surface area is 226 Å². The molecule has 196 valence electrons. The van der Waals surface area contributed by atoms with E-state index in [1.54, 1.807) is 57.2 Å². The molecule has 2 aromatic carbocycles. The first-order valence-corrected chi connectivity index (χ1v) is 12.9. The maximum atomic E-state index is 14.0. The van der Waals surface area contributed by atoms with E-state index >= 15 is 0 Å².